The number of benzene rings is 1. The second kappa shape index (κ2) is 6.72. The second-order valence-corrected chi connectivity index (χ2v) is 5.48. The Bertz CT molecular complexity index is 559. The zero-order valence-corrected chi connectivity index (χ0v) is 12.3. The van der Waals surface area contributed by atoms with Gasteiger partial charge in [-0.15, -0.1) is 0 Å². The minimum absolute atomic E-state index is 0.390. The Morgan fingerprint density at radius 2 is 1.95 bits per heavy atom. The summed E-state index contributed by atoms with van der Waals surface area (Å²) in [6.45, 7) is 4.46. The highest BCUT2D eigenvalue weighted by Crippen LogP contribution is 2.24. The van der Waals surface area contributed by atoms with Gasteiger partial charge >= 0.3 is 0 Å². The number of hydrogen-bond acceptors (Lipinski definition) is 5. The Morgan fingerprint density at radius 3 is 2.71 bits per heavy atom. The van der Waals surface area contributed by atoms with E-state index in [0.717, 1.165) is 50.5 Å². The Hall–Kier alpha value is -1.88. The predicted molar refractivity (Wildman–Crippen MR) is 80.5 cm³/mol. The molecule has 112 valence electrons. The maximum Gasteiger partial charge on any atom is 0.228 e. The molecule has 1 N–H and O–H groups in total. The molecule has 1 saturated heterocycles. The molecule has 0 aliphatic carbocycles. The molecule has 0 saturated carbocycles. The van der Waals surface area contributed by atoms with Gasteiger partial charge in [-0.1, -0.05) is 22.9 Å². The summed E-state index contributed by atoms with van der Waals surface area (Å²) in [5.41, 5.74) is 2.38. The van der Waals surface area contributed by atoms with Crippen molar-refractivity contribution in [1.82, 2.24) is 10.1 Å². The molecule has 1 aromatic carbocycles. The van der Waals surface area contributed by atoms with E-state index in [-0.39, 0.29) is 0 Å². The zero-order valence-electron chi connectivity index (χ0n) is 12.3. The molecule has 0 atom stereocenters. The summed E-state index contributed by atoms with van der Waals surface area (Å²) in [4.78, 5) is 4.51. The van der Waals surface area contributed by atoms with Crippen LogP contribution >= 0.6 is 0 Å². The molecule has 0 bridgehead atoms. The van der Waals surface area contributed by atoms with Crippen molar-refractivity contribution in [1.29, 1.82) is 0 Å². The fourth-order valence-corrected chi connectivity index (χ4v) is 2.48. The van der Waals surface area contributed by atoms with Crippen LogP contribution in [0.5, 0.6) is 0 Å². The fourth-order valence-electron chi connectivity index (χ4n) is 2.48. The second-order valence-electron chi connectivity index (χ2n) is 5.48. The van der Waals surface area contributed by atoms with Crippen LogP contribution in [0.1, 0.15) is 36.0 Å². The lowest BCUT2D eigenvalue weighted by Crippen LogP contribution is -2.15. The average molecular weight is 287 g/mol. The molecule has 0 unspecified atom stereocenters. The van der Waals surface area contributed by atoms with Gasteiger partial charge in [0.15, 0.2) is 5.82 Å². The van der Waals surface area contributed by atoms with E-state index in [9.17, 15) is 0 Å². The molecule has 5 heteroatoms. The highest BCUT2D eigenvalue weighted by Gasteiger charge is 2.21. The van der Waals surface area contributed by atoms with Gasteiger partial charge in [-0.2, -0.15) is 4.98 Å². The Labute approximate surface area is 124 Å². The van der Waals surface area contributed by atoms with Crippen LogP contribution in [0.4, 0.5) is 5.69 Å². The lowest BCUT2D eigenvalue weighted by atomic mass is 10.00. The van der Waals surface area contributed by atoms with Crippen molar-refractivity contribution in [3.63, 3.8) is 0 Å². The molecule has 2 aromatic rings. The molecule has 1 aromatic heterocycles. The third-order valence-electron chi connectivity index (χ3n) is 3.79. The van der Waals surface area contributed by atoms with Gasteiger partial charge in [0.05, 0.1) is 0 Å². The molecule has 0 amide bonds. The van der Waals surface area contributed by atoms with Crippen LogP contribution in [0, 0.1) is 6.92 Å². The van der Waals surface area contributed by atoms with Crippen molar-refractivity contribution in [3.8, 4) is 0 Å². The maximum atomic E-state index is 5.35. The zero-order chi connectivity index (χ0) is 14.5. The van der Waals surface area contributed by atoms with E-state index in [4.69, 9.17) is 9.26 Å². The fraction of sp³-hybridized carbons (Fsp3) is 0.500. The van der Waals surface area contributed by atoms with Crippen LogP contribution in [0.2, 0.25) is 0 Å². The van der Waals surface area contributed by atoms with Crippen molar-refractivity contribution in [2.24, 2.45) is 0 Å². The standard InChI is InChI=1S/C16H21N3O2/c1-12-2-4-14(5-3-12)17-9-6-15-18-16(19-21-15)13-7-10-20-11-8-13/h2-5,13,17H,6-11H2,1H3. The summed E-state index contributed by atoms with van der Waals surface area (Å²) in [7, 11) is 0. The summed E-state index contributed by atoms with van der Waals surface area (Å²) in [5.74, 6) is 1.93. The van der Waals surface area contributed by atoms with Gasteiger partial charge in [0.1, 0.15) is 0 Å². The molecule has 1 aliphatic heterocycles. The number of aromatic nitrogens is 2. The number of rotatable bonds is 5. The number of ether oxygens (including phenoxy) is 1. The molecule has 5 nitrogen and oxygen atoms in total. The summed E-state index contributed by atoms with van der Waals surface area (Å²) >= 11 is 0. The van der Waals surface area contributed by atoms with E-state index in [1.165, 1.54) is 5.56 Å². The number of anilines is 1. The van der Waals surface area contributed by atoms with Crippen LogP contribution in [0.3, 0.4) is 0 Å². The molecule has 1 aliphatic rings. The van der Waals surface area contributed by atoms with E-state index >= 15 is 0 Å². The topological polar surface area (TPSA) is 60.2 Å². The molecule has 2 heterocycles. The van der Waals surface area contributed by atoms with Gasteiger partial charge in [-0.25, -0.2) is 0 Å². The van der Waals surface area contributed by atoms with Gasteiger partial charge in [0.2, 0.25) is 5.89 Å². The first-order chi connectivity index (χ1) is 10.3. The smallest absolute Gasteiger partial charge is 0.228 e. The first-order valence-corrected chi connectivity index (χ1v) is 7.52. The van der Waals surface area contributed by atoms with Gasteiger partial charge in [-0.05, 0) is 31.9 Å². The number of nitrogens with zero attached hydrogens (tertiary/aromatic N) is 2. The van der Waals surface area contributed by atoms with Gasteiger partial charge in [-0.3, -0.25) is 0 Å². The number of aryl methyl sites for hydroxylation is 1. The molecular weight excluding hydrogens is 266 g/mol. The minimum atomic E-state index is 0.390. The number of nitrogens with one attached hydrogen (secondary N) is 1. The van der Waals surface area contributed by atoms with Crippen LogP contribution < -0.4 is 5.32 Å². The Balaban J connectivity index is 1.49. The van der Waals surface area contributed by atoms with Crippen LogP contribution in [-0.4, -0.2) is 29.9 Å². The van der Waals surface area contributed by atoms with E-state index in [2.05, 4.69) is 46.6 Å². The maximum absolute atomic E-state index is 5.35. The summed E-state index contributed by atoms with van der Waals surface area (Å²) in [6, 6.07) is 8.35. The molecule has 3 rings (SSSR count). The average Bonchev–Trinajstić information content (AvgIpc) is 2.99. The van der Waals surface area contributed by atoms with Crippen LogP contribution in [0.25, 0.3) is 0 Å². The van der Waals surface area contributed by atoms with Gasteiger partial charge < -0.3 is 14.6 Å². The summed E-state index contributed by atoms with van der Waals surface area (Å²) in [5, 5.41) is 7.47. The van der Waals surface area contributed by atoms with E-state index in [1.807, 2.05) is 0 Å². The molecule has 21 heavy (non-hydrogen) atoms. The lowest BCUT2D eigenvalue weighted by Gasteiger charge is -2.18. The van der Waals surface area contributed by atoms with E-state index in [1.54, 1.807) is 0 Å². The van der Waals surface area contributed by atoms with Crippen molar-refractivity contribution >= 4 is 5.69 Å². The van der Waals surface area contributed by atoms with Gasteiger partial charge in [0, 0.05) is 37.8 Å². The van der Waals surface area contributed by atoms with Crippen LogP contribution in [-0.2, 0) is 11.2 Å². The highest BCUT2D eigenvalue weighted by molar-refractivity contribution is 5.44. The molecular formula is C16H21N3O2. The molecule has 1 fully saturated rings. The van der Waals surface area contributed by atoms with Crippen molar-refractivity contribution in [3.05, 3.63) is 41.5 Å². The summed E-state index contributed by atoms with van der Waals surface area (Å²) < 4.78 is 10.7. The third kappa shape index (κ3) is 3.82. The first kappa shape index (κ1) is 14.1. The van der Waals surface area contributed by atoms with Crippen molar-refractivity contribution in [2.45, 2.75) is 32.1 Å². The minimum Gasteiger partial charge on any atom is -0.385 e. The van der Waals surface area contributed by atoms with Crippen molar-refractivity contribution < 1.29 is 9.26 Å². The van der Waals surface area contributed by atoms with Crippen molar-refractivity contribution in [2.75, 3.05) is 25.1 Å². The third-order valence-corrected chi connectivity index (χ3v) is 3.79. The Morgan fingerprint density at radius 1 is 1.19 bits per heavy atom. The quantitative estimate of drug-likeness (QED) is 0.916. The van der Waals surface area contributed by atoms with E-state index < -0.39 is 0 Å². The largest absolute Gasteiger partial charge is 0.385 e. The monoisotopic (exact) mass is 287 g/mol. The van der Waals surface area contributed by atoms with Crippen LogP contribution in [0.15, 0.2) is 28.8 Å². The predicted octanol–water partition coefficient (Wildman–Crippen LogP) is 2.93. The van der Waals surface area contributed by atoms with Gasteiger partial charge in [0.25, 0.3) is 0 Å². The SMILES string of the molecule is Cc1ccc(NCCc2nc(C3CCOCC3)no2)cc1. The number of hydrogen-bond donors (Lipinski definition) is 1. The Kier molecular flexibility index (Phi) is 4.50. The normalized spacial score (nSPS) is 16.0. The molecule has 0 radical (unpaired) electrons. The molecule has 0 spiro atoms. The summed E-state index contributed by atoms with van der Waals surface area (Å²) in [6.07, 6.45) is 2.71. The van der Waals surface area contributed by atoms with E-state index in [0.29, 0.717) is 11.8 Å². The lowest BCUT2D eigenvalue weighted by molar-refractivity contribution is 0.0830. The highest BCUT2D eigenvalue weighted by atomic mass is 16.5. The first-order valence-electron chi connectivity index (χ1n) is 7.52.